The number of hydrogen-bond acceptors (Lipinski definition) is 2. The zero-order chi connectivity index (χ0) is 14.9. The van der Waals surface area contributed by atoms with Gasteiger partial charge >= 0.3 is 6.18 Å². The van der Waals surface area contributed by atoms with Crippen molar-refractivity contribution in [1.82, 2.24) is 10.2 Å². The molecule has 1 fully saturated rings. The Balaban J connectivity index is 2.34. The molecule has 0 aromatic heterocycles. The summed E-state index contributed by atoms with van der Waals surface area (Å²) in [6.07, 6.45) is -5.27. The molecule has 1 N–H and O–H groups in total. The van der Waals surface area contributed by atoms with Crippen LogP contribution in [0.3, 0.4) is 0 Å². The fourth-order valence-electron chi connectivity index (χ4n) is 2.29. The van der Waals surface area contributed by atoms with E-state index in [0.29, 0.717) is 11.3 Å². The van der Waals surface area contributed by atoms with Crippen molar-refractivity contribution in [3.63, 3.8) is 0 Å². The Labute approximate surface area is 113 Å². The lowest BCUT2D eigenvalue weighted by atomic mass is 10.1. The van der Waals surface area contributed by atoms with E-state index in [4.69, 9.17) is 0 Å². The highest BCUT2D eigenvalue weighted by molar-refractivity contribution is 5.84. The smallest absolute Gasteiger partial charge is 0.312 e. The van der Waals surface area contributed by atoms with Crippen LogP contribution >= 0.6 is 0 Å². The molecule has 1 saturated heterocycles. The molecule has 1 aliphatic rings. The highest BCUT2D eigenvalue weighted by Gasteiger charge is 2.44. The van der Waals surface area contributed by atoms with Gasteiger partial charge in [-0.15, -0.1) is 0 Å². The summed E-state index contributed by atoms with van der Waals surface area (Å²) in [7, 11) is 0. The van der Waals surface area contributed by atoms with Gasteiger partial charge in [0, 0.05) is 5.56 Å². The Bertz CT molecular complexity index is 503. The van der Waals surface area contributed by atoms with Crippen molar-refractivity contribution in [3.8, 4) is 0 Å². The summed E-state index contributed by atoms with van der Waals surface area (Å²) in [6.45, 7) is 0.291. The van der Waals surface area contributed by atoms with Gasteiger partial charge in [0.15, 0.2) is 0 Å². The molecule has 0 spiro atoms. The van der Waals surface area contributed by atoms with Crippen LogP contribution in [0.4, 0.5) is 17.6 Å². The Morgan fingerprint density at radius 2 is 1.95 bits per heavy atom. The van der Waals surface area contributed by atoms with Gasteiger partial charge in [-0.3, -0.25) is 10.1 Å². The maximum atomic E-state index is 13.7. The molecular formula is C13H14F4N2O. The molecule has 1 aromatic carbocycles. The van der Waals surface area contributed by atoms with Gasteiger partial charge in [0.05, 0.1) is 6.04 Å². The van der Waals surface area contributed by atoms with Crippen molar-refractivity contribution in [1.29, 1.82) is 0 Å². The van der Waals surface area contributed by atoms with Gasteiger partial charge in [0.1, 0.15) is 18.5 Å². The first-order chi connectivity index (χ1) is 9.33. The van der Waals surface area contributed by atoms with E-state index in [1.54, 1.807) is 6.92 Å². The molecule has 1 aliphatic heterocycles. The van der Waals surface area contributed by atoms with Gasteiger partial charge in [0.25, 0.3) is 0 Å². The molecule has 2 atom stereocenters. The first kappa shape index (κ1) is 14.8. The summed E-state index contributed by atoms with van der Waals surface area (Å²) in [4.78, 5) is 12.6. The monoisotopic (exact) mass is 290 g/mol. The second-order valence-corrected chi connectivity index (χ2v) is 4.63. The second-order valence-electron chi connectivity index (χ2n) is 4.63. The number of nitrogens with zero attached hydrogens (tertiary/aromatic N) is 1. The summed E-state index contributed by atoms with van der Waals surface area (Å²) in [5.74, 6) is -1.29. The minimum Gasteiger partial charge on any atom is -0.312 e. The van der Waals surface area contributed by atoms with Gasteiger partial charge in [-0.25, -0.2) is 4.39 Å². The number of nitrogens with one attached hydrogen (secondary N) is 1. The zero-order valence-corrected chi connectivity index (χ0v) is 10.7. The van der Waals surface area contributed by atoms with Gasteiger partial charge < -0.3 is 4.90 Å². The van der Waals surface area contributed by atoms with E-state index >= 15 is 0 Å². The standard InChI is InChI=1S/C13H14F4N2O/c1-2-10-12(20)19(7-13(15,16)17)11(18-10)8-5-3-4-6-9(8)14/h3-6,10-11,18H,2,7H2,1H3. The number of hydrogen-bond donors (Lipinski definition) is 1. The molecule has 1 heterocycles. The first-order valence-electron chi connectivity index (χ1n) is 6.21. The fourth-order valence-corrected chi connectivity index (χ4v) is 2.29. The Kier molecular flexibility index (Phi) is 3.99. The third kappa shape index (κ3) is 2.92. The van der Waals surface area contributed by atoms with Crippen LogP contribution in [-0.2, 0) is 4.79 Å². The van der Waals surface area contributed by atoms with E-state index in [1.165, 1.54) is 18.2 Å². The average Bonchev–Trinajstić information content (AvgIpc) is 2.66. The second kappa shape index (κ2) is 5.40. The molecule has 1 amide bonds. The van der Waals surface area contributed by atoms with Crippen molar-refractivity contribution in [2.75, 3.05) is 6.54 Å². The first-order valence-corrected chi connectivity index (χ1v) is 6.21. The normalized spacial score (nSPS) is 23.4. The van der Waals surface area contributed by atoms with E-state index in [1.807, 2.05) is 0 Å². The highest BCUT2D eigenvalue weighted by atomic mass is 19.4. The van der Waals surface area contributed by atoms with Crippen molar-refractivity contribution < 1.29 is 22.4 Å². The number of carbonyl (C=O) groups excluding carboxylic acids is 1. The molecule has 7 heteroatoms. The van der Waals surface area contributed by atoms with Crippen LogP contribution in [-0.4, -0.2) is 29.6 Å². The lowest BCUT2D eigenvalue weighted by Crippen LogP contribution is -2.39. The van der Waals surface area contributed by atoms with Gasteiger partial charge in [0.2, 0.25) is 5.91 Å². The van der Waals surface area contributed by atoms with Crippen molar-refractivity contribution in [2.45, 2.75) is 31.7 Å². The van der Waals surface area contributed by atoms with Crippen LogP contribution in [0.25, 0.3) is 0 Å². The predicted octanol–water partition coefficient (Wildman–Crippen LogP) is 2.60. The fraction of sp³-hybridized carbons (Fsp3) is 0.462. The van der Waals surface area contributed by atoms with Gasteiger partial charge in [-0.05, 0) is 12.5 Å². The molecule has 20 heavy (non-hydrogen) atoms. The van der Waals surface area contributed by atoms with Gasteiger partial charge in [-0.2, -0.15) is 13.2 Å². The number of rotatable bonds is 3. The quantitative estimate of drug-likeness (QED) is 0.868. The Morgan fingerprint density at radius 3 is 2.50 bits per heavy atom. The van der Waals surface area contributed by atoms with Gasteiger partial charge in [-0.1, -0.05) is 25.1 Å². The molecule has 2 unspecified atom stereocenters. The summed E-state index contributed by atoms with van der Waals surface area (Å²) in [5.41, 5.74) is 0.0426. The van der Waals surface area contributed by atoms with E-state index in [2.05, 4.69) is 5.32 Å². The summed E-state index contributed by atoms with van der Waals surface area (Å²) >= 11 is 0. The summed E-state index contributed by atoms with van der Waals surface area (Å²) in [5, 5.41) is 2.76. The highest BCUT2D eigenvalue weighted by Crippen LogP contribution is 2.31. The minimum atomic E-state index is -4.52. The lowest BCUT2D eigenvalue weighted by Gasteiger charge is -2.25. The van der Waals surface area contributed by atoms with E-state index in [9.17, 15) is 22.4 Å². The third-order valence-electron chi connectivity index (χ3n) is 3.21. The van der Waals surface area contributed by atoms with E-state index < -0.39 is 36.7 Å². The SMILES string of the molecule is CCC1NC(c2ccccc2F)N(CC(F)(F)F)C1=O. The summed E-state index contributed by atoms with van der Waals surface area (Å²) < 4.78 is 51.5. The van der Waals surface area contributed by atoms with Crippen LogP contribution in [0, 0.1) is 5.82 Å². The maximum Gasteiger partial charge on any atom is 0.406 e. The number of carbonyl (C=O) groups is 1. The van der Waals surface area contributed by atoms with E-state index in [0.717, 1.165) is 6.07 Å². The molecule has 110 valence electrons. The van der Waals surface area contributed by atoms with Crippen molar-refractivity contribution >= 4 is 5.91 Å². The lowest BCUT2D eigenvalue weighted by molar-refractivity contribution is -0.161. The molecule has 2 rings (SSSR count). The predicted molar refractivity (Wildman–Crippen MR) is 64.1 cm³/mol. The van der Waals surface area contributed by atoms with Crippen molar-refractivity contribution in [2.24, 2.45) is 0 Å². The van der Waals surface area contributed by atoms with Crippen LogP contribution in [0.15, 0.2) is 24.3 Å². The molecule has 0 saturated carbocycles. The minimum absolute atomic E-state index is 0.0426. The van der Waals surface area contributed by atoms with Crippen LogP contribution in [0.2, 0.25) is 0 Å². The third-order valence-corrected chi connectivity index (χ3v) is 3.21. The molecule has 3 nitrogen and oxygen atoms in total. The number of benzene rings is 1. The molecule has 1 aromatic rings. The number of halogens is 4. The van der Waals surface area contributed by atoms with E-state index in [-0.39, 0.29) is 5.56 Å². The molecule has 0 aliphatic carbocycles. The largest absolute Gasteiger partial charge is 0.406 e. The topological polar surface area (TPSA) is 32.3 Å². The maximum absolute atomic E-state index is 13.7. The average molecular weight is 290 g/mol. The Hall–Kier alpha value is -1.63. The zero-order valence-electron chi connectivity index (χ0n) is 10.7. The van der Waals surface area contributed by atoms with Crippen LogP contribution < -0.4 is 5.32 Å². The van der Waals surface area contributed by atoms with Crippen molar-refractivity contribution in [3.05, 3.63) is 35.6 Å². The number of amides is 1. The Morgan fingerprint density at radius 1 is 1.30 bits per heavy atom. The van der Waals surface area contributed by atoms with Crippen LogP contribution in [0.5, 0.6) is 0 Å². The number of alkyl halides is 3. The molecule has 0 radical (unpaired) electrons. The summed E-state index contributed by atoms with van der Waals surface area (Å²) in [6, 6.07) is 4.78. The van der Waals surface area contributed by atoms with Crippen LogP contribution in [0.1, 0.15) is 25.1 Å². The molecule has 0 bridgehead atoms. The molecular weight excluding hydrogens is 276 g/mol.